The van der Waals surface area contributed by atoms with Crippen LogP contribution in [0.5, 0.6) is 0 Å². The van der Waals surface area contributed by atoms with E-state index in [-0.39, 0.29) is 0 Å². The molecule has 0 radical (unpaired) electrons. The molecule has 0 amide bonds. The first-order valence-corrected chi connectivity index (χ1v) is 10.3. The normalized spacial score (nSPS) is 23.0. The Balaban J connectivity index is 2.19. The molecule has 0 aromatic carbocycles. The minimum atomic E-state index is -2.72. The van der Waals surface area contributed by atoms with Gasteiger partial charge in [0.15, 0.2) is 9.84 Å². The molecule has 0 bridgehead atoms. The van der Waals surface area contributed by atoms with Crippen LogP contribution in [0.15, 0.2) is 0 Å². The number of hydrogen-bond acceptors (Lipinski definition) is 3. The van der Waals surface area contributed by atoms with Crippen molar-refractivity contribution in [2.45, 2.75) is 77.7 Å². The van der Waals surface area contributed by atoms with E-state index in [2.05, 4.69) is 19.2 Å². The third-order valence-corrected chi connectivity index (χ3v) is 6.18. The lowest BCUT2D eigenvalue weighted by Crippen LogP contribution is -2.31. The van der Waals surface area contributed by atoms with Crippen molar-refractivity contribution in [1.82, 2.24) is 5.32 Å². The minimum absolute atomic E-state index is 0.393. The smallest absolute Gasteiger partial charge is 0.150 e. The van der Waals surface area contributed by atoms with Gasteiger partial charge in [0.25, 0.3) is 0 Å². The zero-order valence-electron chi connectivity index (χ0n) is 13.4. The second-order valence-electron chi connectivity index (χ2n) is 6.32. The first-order valence-electron chi connectivity index (χ1n) is 8.51. The number of hydrogen-bond donors (Lipinski definition) is 1. The van der Waals surface area contributed by atoms with E-state index in [0.717, 1.165) is 19.4 Å². The van der Waals surface area contributed by atoms with E-state index in [1.165, 1.54) is 44.9 Å². The molecule has 0 spiro atoms. The molecular formula is C16H33NO2S. The fourth-order valence-electron chi connectivity index (χ4n) is 3.22. The summed E-state index contributed by atoms with van der Waals surface area (Å²) in [5.74, 6) is 1.22. The highest BCUT2D eigenvalue weighted by atomic mass is 32.2. The Labute approximate surface area is 125 Å². The summed E-state index contributed by atoms with van der Waals surface area (Å²) < 4.78 is 23.0. The van der Waals surface area contributed by atoms with E-state index in [1.54, 1.807) is 0 Å². The molecule has 0 saturated carbocycles. The van der Waals surface area contributed by atoms with Gasteiger partial charge < -0.3 is 5.32 Å². The van der Waals surface area contributed by atoms with Gasteiger partial charge in [-0.15, -0.1) is 0 Å². The van der Waals surface area contributed by atoms with Gasteiger partial charge in [-0.1, -0.05) is 52.4 Å². The van der Waals surface area contributed by atoms with E-state index in [4.69, 9.17) is 0 Å². The first-order chi connectivity index (χ1) is 9.57. The van der Waals surface area contributed by atoms with Crippen LogP contribution in [0.1, 0.15) is 71.6 Å². The summed E-state index contributed by atoms with van der Waals surface area (Å²) in [6.45, 7) is 5.37. The predicted octanol–water partition coefficient (Wildman–Crippen LogP) is 3.54. The molecular weight excluding hydrogens is 270 g/mol. The Kier molecular flexibility index (Phi) is 8.78. The second-order valence-corrected chi connectivity index (χ2v) is 8.54. The van der Waals surface area contributed by atoms with Gasteiger partial charge in [-0.3, -0.25) is 0 Å². The van der Waals surface area contributed by atoms with Crippen LogP contribution >= 0.6 is 0 Å². The van der Waals surface area contributed by atoms with E-state index in [1.807, 2.05) is 0 Å². The molecule has 1 fully saturated rings. The van der Waals surface area contributed by atoms with E-state index in [9.17, 15) is 8.42 Å². The molecule has 3 nitrogen and oxygen atoms in total. The molecule has 1 saturated heterocycles. The predicted molar refractivity (Wildman–Crippen MR) is 86.8 cm³/mol. The standard InChI is InChI=1S/C16H33NO2S/c1-3-5-6-7-8-9-10-16(17-4-2)13-15-11-12-20(18,19)14-15/h15-17H,3-14H2,1-2H3. The number of sulfone groups is 1. The summed E-state index contributed by atoms with van der Waals surface area (Å²) in [6, 6.07) is 0.518. The van der Waals surface area contributed by atoms with E-state index in [0.29, 0.717) is 23.5 Å². The quantitative estimate of drug-likeness (QED) is 0.594. The number of nitrogens with one attached hydrogen (secondary N) is 1. The Hall–Kier alpha value is -0.0900. The zero-order chi connectivity index (χ0) is 14.8. The Bertz CT molecular complexity index is 340. The van der Waals surface area contributed by atoms with Crippen molar-refractivity contribution >= 4 is 9.84 Å². The minimum Gasteiger partial charge on any atom is -0.314 e. The van der Waals surface area contributed by atoms with Crippen molar-refractivity contribution in [3.63, 3.8) is 0 Å². The van der Waals surface area contributed by atoms with Crippen LogP contribution in [0, 0.1) is 5.92 Å². The average Bonchev–Trinajstić information content (AvgIpc) is 2.73. The van der Waals surface area contributed by atoms with Crippen molar-refractivity contribution in [3.8, 4) is 0 Å². The van der Waals surface area contributed by atoms with Crippen molar-refractivity contribution in [1.29, 1.82) is 0 Å². The maximum absolute atomic E-state index is 11.5. The molecule has 0 aromatic rings. The summed E-state index contributed by atoms with van der Waals surface area (Å²) in [5, 5.41) is 3.54. The fourth-order valence-corrected chi connectivity index (χ4v) is 5.10. The molecule has 120 valence electrons. The van der Waals surface area contributed by atoms with E-state index >= 15 is 0 Å². The monoisotopic (exact) mass is 303 g/mol. The lowest BCUT2D eigenvalue weighted by atomic mass is 9.95. The molecule has 1 aliphatic rings. The molecule has 1 heterocycles. The topological polar surface area (TPSA) is 46.2 Å². The van der Waals surface area contributed by atoms with Crippen molar-refractivity contribution in [2.24, 2.45) is 5.92 Å². The molecule has 2 atom stereocenters. The highest BCUT2D eigenvalue weighted by Crippen LogP contribution is 2.24. The van der Waals surface area contributed by atoms with Crippen molar-refractivity contribution < 1.29 is 8.42 Å². The molecule has 2 unspecified atom stereocenters. The van der Waals surface area contributed by atoms with Crippen LogP contribution in [0.25, 0.3) is 0 Å². The number of rotatable bonds is 11. The lowest BCUT2D eigenvalue weighted by Gasteiger charge is -2.20. The summed E-state index contributed by atoms with van der Waals surface area (Å²) in [4.78, 5) is 0. The molecule has 1 N–H and O–H groups in total. The van der Waals surface area contributed by atoms with Gasteiger partial charge in [0.1, 0.15) is 0 Å². The molecule has 0 aromatic heterocycles. The Morgan fingerprint density at radius 1 is 1.10 bits per heavy atom. The molecule has 0 aliphatic carbocycles. The van der Waals surface area contributed by atoms with Crippen LogP contribution in [-0.2, 0) is 9.84 Å². The number of unbranched alkanes of at least 4 members (excludes halogenated alkanes) is 5. The third-order valence-electron chi connectivity index (χ3n) is 4.34. The zero-order valence-corrected chi connectivity index (χ0v) is 14.2. The molecule has 20 heavy (non-hydrogen) atoms. The lowest BCUT2D eigenvalue weighted by molar-refractivity contribution is 0.380. The average molecular weight is 304 g/mol. The van der Waals surface area contributed by atoms with Crippen LogP contribution in [0.2, 0.25) is 0 Å². The maximum Gasteiger partial charge on any atom is 0.150 e. The van der Waals surface area contributed by atoms with Gasteiger partial charge in [0.2, 0.25) is 0 Å². The van der Waals surface area contributed by atoms with Gasteiger partial charge in [-0.05, 0) is 31.7 Å². The van der Waals surface area contributed by atoms with Gasteiger partial charge in [-0.2, -0.15) is 0 Å². The van der Waals surface area contributed by atoms with Crippen molar-refractivity contribution in [3.05, 3.63) is 0 Å². The molecule has 1 aliphatic heterocycles. The highest BCUT2D eigenvalue weighted by molar-refractivity contribution is 7.91. The van der Waals surface area contributed by atoms with Crippen molar-refractivity contribution in [2.75, 3.05) is 18.1 Å². The van der Waals surface area contributed by atoms with Gasteiger partial charge in [0.05, 0.1) is 11.5 Å². The second kappa shape index (κ2) is 9.78. The van der Waals surface area contributed by atoms with Gasteiger partial charge >= 0.3 is 0 Å². The van der Waals surface area contributed by atoms with Crippen LogP contribution < -0.4 is 5.32 Å². The largest absolute Gasteiger partial charge is 0.314 e. The van der Waals surface area contributed by atoms with Crippen LogP contribution in [0.3, 0.4) is 0 Å². The summed E-state index contributed by atoms with van der Waals surface area (Å²) >= 11 is 0. The Morgan fingerprint density at radius 2 is 1.80 bits per heavy atom. The van der Waals surface area contributed by atoms with Crippen LogP contribution in [0.4, 0.5) is 0 Å². The first kappa shape index (κ1) is 18.0. The summed E-state index contributed by atoms with van der Waals surface area (Å²) in [6.07, 6.45) is 11.1. The maximum atomic E-state index is 11.5. The summed E-state index contributed by atoms with van der Waals surface area (Å²) in [7, 11) is -2.72. The molecule has 4 heteroatoms. The SMILES string of the molecule is CCCCCCCCC(CC1CCS(=O)(=O)C1)NCC. The van der Waals surface area contributed by atoms with Gasteiger partial charge in [0, 0.05) is 6.04 Å². The Morgan fingerprint density at radius 3 is 2.40 bits per heavy atom. The van der Waals surface area contributed by atoms with E-state index < -0.39 is 9.84 Å². The third kappa shape index (κ3) is 7.63. The fraction of sp³-hybridized carbons (Fsp3) is 1.00. The highest BCUT2D eigenvalue weighted by Gasteiger charge is 2.29. The van der Waals surface area contributed by atoms with Crippen LogP contribution in [-0.4, -0.2) is 32.5 Å². The summed E-state index contributed by atoms with van der Waals surface area (Å²) in [5.41, 5.74) is 0. The van der Waals surface area contributed by atoms with Gasteiger partial charge in [-0.25, -0.2) is 8.42 Å². The molecule has 1 rings (SSSR count).